The molecule has 1 saturated heterocycles. The zero-order valence-electron chi connectivity index (χ0n) is 11.3. The minimum atomic E-state index is -0.612. The molecule has 3 N–H and O–H groups in total. The lowest BCUT2D eigenvalue weighted by Gasteiger charge is -2.30. The number of hydrogen-bond donors (Lipinski definition) is 2. The summed E-state index contributed by atoms with van der Waals surface area (Å²) in [4.78, 5) is 25.8. The molecule has 0 atom stereocenters. The first-order valence-corrected chi connectivity index (χ1v) is 6.89. The minimum absolute atomic E-state index is 0.0678. The van der Waals surface area contributed by atoms with Gasteiger partial charge >= 0.3 is 6.03 Å². The Morgan fingerprint density at radius 2 is 1.83 bits per heavy atom. The Hall–Kier alpha value is -1.10. The van der Waals surface area contributed by atoms with E-state index < -0.39 is 11.1 Å². The van der Waals surface area contributed by atoms with Gasteiger partial charge in [-0.3, -0.25) is 9.69 Å². The summed E-state index contributed by atoms with van der Waals surface area (Å²) in [5.74, 6) is -0.0678. The van der Waals surface area contributed by atoms with Crippen molar-refractivity contribution in [2.75, 3.05) is 6.54 Å². The Balaban J connectivity index is 2.15. The number of nitrogens with zero attached hydrogens (tertiary/aromatic N) is 1. The van der Waals surface area contributed by atoms with Crippen molar-refractivity contribution in [1.82, 2.24) is 10.2 Å². The topological polar surface area (TPSA) is 75.4 Å². The highest BCUT2D eigenvalue weighted by Gasteiger charge is 2.53. The van der Waals surface area contributed by atoms with Gasteiger partial charge in [-0.1, -0.05) is 26.7 Å². The van der Waals surface area contributed by atoms with Crippen molar-refractivity contribution in [3.8, 4) is 0 Å². The Morgan fingerprint density at radius 1 is 1.28 bits per heavy atom. The fourth-order valence-corrected chi connectivity index (χ4v) is 2.93. The molecule has 0 aromatic rings. The van der Waals surface area contributed by atoms with Crippen LogP contribution in [-0.4, -0.2) is 34.5 Å². The quantitative estimate of drug-likeness (QED) is 0.743. The number of urea groups is 1. The normalized spacial score (nSPS) is 22.9. The molecule has 0 radical (unpaired) electrons. The van der Waals surface area contributed by atoms with Crippen molar-refractivity contribution in [1.29, 1.82) is 0 Å². The molecule has 1 heterocycles. The average Bonchev–Trinajstić information content (AvgIpc) is 2.91. The lowest BCUT2D eigenvalue weighted by Crippen LogP contribution is -2.52. The number of amides is 3. The van der Waals surface area contributed by atoms with E-state index in [4.69, 9.17) is 5.73 Å². The van der Waals surface area contributed by atoms with E-state index in [1.165, 1.54) is 4.90 Å². The molecule has 2 rings (SSSR count). The maximum Gasteiger partial charge on any atom is 0.325 e. The first-order chi connectivity index (χ1) is 8.46. The second-order valence-corrected chi connectivity index (χ2v) is 5.68. The highest BCUT2D eigenvalue weighted by Crippen LogP contribution is 2.35. The van der Waals surface area contributed by atoms with E-state index in [9.17, 15) is 9.59 Å². The summed E-state index contributed by atoms with van der Waals surface area (Å²) >= 11 is 0. The molecule has 5 nitrogen and oxygen atoms in total. The highest BCUT2D eigenvalue weighted by molar-refractivity contribution is 6.07. The van der Waals surface area contributed by atoms with Gasteiger partial charge in [-0.25, -0.2) is 4.79 Å². The molecule has 102 valence electrons. The molecule has 3 amide bonds. The van der Waals surface area contributed by atoms with Gasteiger partial charge in [0.2, 0.25) is 0 Å². The van der Waals surface area contributed by atoms with Crippen LogP contribution in [0.25, 0.3) is 0 Å². The molecule has 2 fully saturated rings. The zero-order chi connectivity index (χ0) is 13.4. The smallest absolute Gasteiger partial charge is 0.324 e. The first kappa shape index (κ1) is 13.3. The number of nitrogens with one attached hydrogen (secondary N) is 1. The van der Waals surface area contributed by atoms with Crippen LogP contribution in [-0.2, 0) is 4.79 Å². The third kappa shape index (κ3) is 2.00. The predicted octanol–water partition coefficient (Wildman–Crippen LogP) is 1.37. The largest absolute Gasteiger partial charge is 0.325 e. The van der Waals surface area contributed by atoms with E-state index in [0.29, 0.717) is 6.54 Å². The van der Waals surface area contributed by atoms with E-state index in [2.05, 4.69) is 5.32 Å². The van der Waals surface area contributed by atoms with Crippen molar-refractivity contribution in [3.63, 3.8) is 0 Å². The Bertz CT molecular complexity index is 357. The van der Waals surface area contributed by atoms with Crippen molar-refractivity contribution in [2.24, 2.45) is 5.73 Å². The lowest BCUT2D eigenvalue weighted by atomic mass is 9.92. The highest BCUT2D eigenvalue weighted by atomic mass is 16.2. The van der Waals surface area contributed by atoms with Gasteiger partial charge in [0.1, 0.15) is 5.54 Å². The number of carbonyl (C=O) groups excluding carboxylic acids is 2. The second-order valence-electron chi connectivity index (χ2n) is 5.68. The average molecular weight is 253 g/mol. The molecule has 0 bridgehead atoms. The molecule has 5 heteroatoms. The third-order valence-corrected chi connectivity index (χ3v) is 4.58. The van der Waals surface area contributed by atoms with Crippen LogP contribution in [0.1, 0.15) is 52.4 Å². The molecule has 1 spiro atoms. The summed E-state index contributed by atoms with van der Waals surface area (Å²) in [5, 5.41) is 2.88. The molecule has 18 heavy (non-hydrogen) atoms. The third-order valence-electron chi connectivity index (χ3n) is 4.58. The maximum absolute atomic E-state index is 12.4. The molecular weight excluding hydrogens is 230 g/mol. The van der Waals surface area contributed by atoms with Crippen molar-refractivity contribution < 1.29 is 9.59 Å². The van der Waals surface area contributed by atoms with E-state index in [0.717, 1.165) is 38.5 Å². The number of hydrogen-bond acceptors (Lipinski definition) is 3. The van der Waals surface area contributed by atoms with Crippen LogP contribution < -0.4 is 11.1 Å². The van der Waals surface area contributed by atoms with Gasteiger partial charge in [-0.2, -0.15) is 0 Å². The second kappa shape index (κ2) is 4.53. The first-order valence-electron chi connectivity index (χ1n) is 6.89. The van der Waals surface area contributed by atoms with Crippen LogP contribution >= 0.6 is 0 Å². The molecular formula is C13H23N3O2. The van der Waals surface area contributed by atoms with Crippen LogP contribution in [0.5, 0.6) is 0 Å². The van der Waals surface area contributed by atoms with Crippen molar-refractivity contribution >= 4 is 11.9 Å². The monoisotopic (exact) mass is 253 g/mol. The van der Waals surface area contributed by atoms with Crippen molar-refractivity contribution in [3.05, 3.63) is 0 Å². The molecule has 0 aromatic heterocycles. The minimum Gasteiger partial charge on any atom is -0.324 e. The van der Waals surface area contributed by atoms with E-state index in [1.807, 2.05) is 13.8 Å². The van der Waals surface area contributed by atoms with Crippen molar-refractivity contribution in [2.45, 2.75) is 63.5 Å². The van der Waals surface area contributed by atoms with Crippen LogP contribution in [0, 0.1) is 0 Å². The number of rotatable bonds is 4. The number of imide groups is 1. The fourth-order valence-electron chi connectivity index (χ4n) is 2.93. The predicted molar refractivity (Wildman–Crippen MR) is 68.9 cm³/mol. The maximum atomic E-state index is 12.4. The lowest BCUT2D eigenvalue weighted by molar-refractivity contribution is -0.131. The van der Waals surface area contributed by atoms with Crippen LogP contribution in [0.2, 0.25) is 0 Å². The molecule has 1 saturated carbocycles. The molecule has 2 aliphatic rings. The van der Waals surface area contributed by atoms with E-state index >= 15 is 0 Å². The summed E-state index contributed by atoms with van der Waals surface area (Å²) in [6.07, 6.45) is 5.07. The van der Waals surface area contributed by atoms with Crippen LogP contribution in [0.15, 0.2) is 0 Å². The molecule has 1 aliphatic heterocycles. The Kier molecular flexibility index (Phi) is 3.36. The fraction of sp³-hybridized carbons (Fsp3) is 0.846. The number of nitrogens with two attached hydrogens (primary N) is 1. The molecule has 0 unspecified atom stereocenters. The zero-order valence-corrected chi connectivity index (χ0v) is 11.3. The van der Waals surface area contributed by atoms with Gasteiger partial charge in [-0.05, 0) is 25.7 Å². The van der Waals surface area contributed by atoms with Crippen LogP contribution in [0.3, 0.4) is 0 Å². The van der Waals surface area contributed by atoms with Gasteiger partial charge in [0.05, 0.1) is 0 Å². The summed E-state index contributed by atoms with van der Waals surface area (Å²) in [6.45, 7) is 4.31. The summed E-state index contributed by atoms with van der Waals surface area (Å²) in [5.41, 5.74) is 5.14. The van der Waals surface area contributed by atoms with E-state index in [1.54, 1.807) is 0 Å². The SMILES string of the molecule is CCC(N)(CC)CN1C(=O)NC2(CCCC2)C1=O. The van der Waals surface area contributed by atoms with Gasteiger partial charge in [0.25, 0.3) is 5.91 Å². The van der Waals surface area contributed by atoms with Gasteiger partial charge in [0.15, 0.2) is 0 Å². The molecule has 0 aromatic carbocycles. The number of carbonyl (C=O) groups is 2. The van der Waals surface area contributed by atoms with Crippen LogP contribution in [0.4, 0.5) is 4.79 Å². The van der Waals surface area contributed by atoms with Gasteiger partial charge in [-0.15, -0.1) is 0 Å². The summed E-state index contributed by atoms with van der Waals surface area (Å²) in [6, 6.07) is -0.265. The Labute approximate surface area is 108 Å². The Morgan fingerprint density at radius 3 is 2.33 bits per heavy atom. The van der Waals surface area contributed by atoms with Gasteiger partial charge in [0, 0.05) is 12.1 Å². The van der Waals surface area contributed by atoms with Gasteiger partial charge < -0.3 is 11.1 Å². The standard InChI is InChI=1S/C13H23N3O2/c1-3-12(14,4-2)9-16-10(17)13(15-11(16)18)7-5-6-8-13/h3-9,14H2,1-2H3,(H,15,18). The van der Waals surface area contributed by atoms with E-state index in [-0.39, 0.29) is 11.9 Å². The molecule has 1 aliphatic carbocycles. The summed E-state index contributed by atoms with van der Waals surface area (Å²) < 4.78 is 0. The summed E-state index contributed by atoms with van der Waals surface area (Å²) in [7, 11) is 0.